The van der Waals surface area contributed by atoms with Gasteiger partial charge < -0.3 is 28.9 Å². The number of ether oxygens (including phenoxy) is 2. The van der Waals surface area contributed by atoms with Crippen LogP contribution in [0.15, 0.2) is 17.1 Å². The molecule has 1 aromatic rings. The number of aliphatic hydroxyl groups is 1. The first-order valence-electron chi connectivity index (χ1n) is 11.5. The van der Waals surface area contributed by atoms with E-state index >= 15 is 0 Å². The third kappa shape index (κ3) is 7.77. The van der Waals surface area contributed by atoms with Crippen molar-refractivity contribution in [3.05, 3.63) is 22.7 Å². The largest absolute Gasteiger partial charge is 0.455 e. The molecule has 200 valence electrons. The Hall–Kier alpha value is -2.46. The zero-order valence-electron chi connectivity index (χ0n) is 21.3. The van der Waals surface area contributed by atoms with Crippen LogP contribution in [0, 0.1) is 11.3 Å². The van der Waals surface area contributed by atoms with Gasteiger partial charge in [-0.1, -0.05) is 0 Å². The summed E-state index contributed by atoms with van der Waals surface area (Å²) < 4.78 is 26.8. The minimum atomic E-state index is -1.77. The van der Waals surface area contributed by atoms with Crippen molar-refractivity contribution in [3.63, 3.8) is 0 Å². The second-order valence-electron chi connectivity index (χ2n) is 8.62. The molecule has 1 fully saturated rings. The van der Waals surface area contributed by atoms with Gasteiger partial charge in [0, 0.05) is 32.1 Å². The van der Waals surface area contributed by atoms with Gasteiger partial charge in [-0.3, -0.25) is 14.2 Å². The smallest absolute Gasteiger partial charge is 0.351 e. The molecule has 1 saturated heterocycles. The van der Waals surface area contributed by atoms with Crippen LogP contribution in [0.2, 0.25) is 0 Å². The standard InChI is InChI=1S/C22H34N5O8P/c1-13(2)27(14(3)4)36(32-11-7-9-23)35-19-17(12-28)34-21(20(19)33-16(6)30)26-10-8-18(24-15(5)29)25-22(26)31/h8,10,13-14,17,19-21,28H,7,11-12H2,1-6H3,(H,24,25,29,31)/t17-,19+,20?,21-,36?/m1/s1. The van der Waals surface area contributed by atoms with E-state index < -0.39 is 57.2 Å². The number of rotatable bonds is 12. The van der Waals surface area contributed by atoms with Crippen molar-refractivity contribution in [1.29, 1.82) is 5.26 Å². The van der Waals surface area contributed by atoms with E-state index in [1.54, 1.807) is 0 Å². The van der Waals surface area contributed by atoms with Gasteiger partial charge in [-0.25, -0.2) is 9.46 Å². The second kappa shape index (κ2) is 13.7. The summed E-state index contributed by atoms with van der Waals surface area (Å²) in [7, 11) is -1.77. The molecule has 1 amide bonds. The summed E-state index contributed by atoms with van der Waals surface area (Å²) in [6.07, 6.45) is -2.76. The van der Waals surface area contributed by atoms with Crippen LogP contribution in [0.4, 0.5) is 5.82 Å². The summed E-state index contributed by atoms with van der Waals surface area (Å²) in [6, 6.07) is 3.43. The maximum atomic E-state index is 12.7. The maximum Gasteiger partial charge on any atom is 0.351 e. The summed E-state index contributed by atoms with van der Waals surface area (Å²) in [5, 5.41) is 21.4. The van der Waals surface area contributed by atoms with Crippen LogP contribution in [0.25, 0.3) is 0 Å². The second-order valence-corrected chi connectivity index (χ2v) is 10.0. The Balaban J connectivity index is 2.44. The zero-order valence-corrected chi connectivity index (χ0v) is 22.2. The highest BCUT2D eigenvalue weighted by Crippen LogP contribution is 2.50. The molecule has 0 aromatic carbocycles. The Morgan fingerprint density at radius 1 is 1.31 bits per heavy atom. The molecule has 36 heavy (non-hydrogen) atoms. The normalized spacial score (nSPS) is 22.6. The number of amides is 1. The molecule has 14 heteroatoms. The van der Waals surface area contributed by atoms with Gasteiger partial charge in [0.1, 0.15) is 18.0 Å². The molecule has 0 bridgehead atoms. The molecule has 5 atom stereocenters. The molecule has 13 nitrogen and oxygen atoms in total. The fraction of sp³-hybridized carbons (Fsp3) is 0.682. The lowest BCUT2D eigenvalue weighted by Crippen LogP contribution is -2.42. The Labute approximate surface area is 211 Å². The van der Waals surface area contributed by atoms with E-state index in [1.807, 2.05) is 38.4 Å². The van der Waals surface area contributed by atoms with E-state index in [-0.39, 0.29) is 30.9 Å². The quantitative estimate of drug-likeness (QED) is 0.231. The van der Waals surface area contributed by atoms with Crippen molar-refractivity contribution < 1.29 is 33.2 Å². The number of aromatic nitrogens is 2. The zero-order chi connectivity index (χ0) is 27.0. The van der Waals surface area contributed by atoms with Crippen molar-refractivity contribution in [3.8, 4) is 6.07 Å². The monoisotopic (exact) mass is 527 g/mol. The van der Waals surface area contributed by atoms with Crippen molar-refractivity contribution in [1.82, 2.24) is 14.2 Å². The number of anilines is 1. The van der Waals surface area contributed by atoms with Gasteiger partial charge in [0.15, 0.2) is 12.3 Å². The van der Waals surface area contributed by atoms with Crippen molar-refractivity contribution in [2.45, 2.75) is 84.6 Å². The summed E-state index contributed by atoms with van der Waals surface area (Å²) in [6.45, 7) is 9.99. The number of carbonyl (C=O) groups is 2. The van der Waals surface area contributed by atoms with Gasteiger partial charge in [0.2, 0.25) is 5.91 Å². The minimum Gasteiger partial charge on any atom is -0.455 e. The van der Waals surface area contributed by atoms with E-state index in [1.165, 1.54) is 26.1 Å². The lowest BCUT2D eigenvalue weighted by Gasteiger charge is -2.38. The Bertz CT molecular complexity index is 989. The topological polar surface area (TPSA) is 165 Å². The van der Waals surface area contributed by atoms with E-state index in [2.05, 4.69) is 10.3 Å². The van der Waals surface area contributed by atoms with Crippen LogP contribution in [0.5, 0.6) is 0 Å². The molecule has 2 heterocycles. The van der Waals surface area contributed by atoms with E-state index in [4.69, 9.17) is 23.8 Å². The van der Waals surface area contributed by atoms with E-state index in [9.17, 15) is 19.5 Å². The molecule has 0 saturated carbocycles. The minimum absolute atomic E-state index is 0.00390. The van der Waals surface area contributed by atoms with Crippen molar-refractivity contribution in [2.24, 2.45) is 0 Å². The molecule has 2 unspecified atom stereocenters. The summed E-state index contributed by atoms with van der Waals surface area (Å²) in [4.78, 5) is 39.9. The van der Waals surface area contributed by atoms with Gasteiger partial charge in [0.25, 0.3) is 8.53 Å². The van der Waals surface area contributed by atoms with Gasteiger partial charge in [-0.15, -0.1) is 0 Å². The molecule has 0 radical (unpaired) electrons. The average Bonchev–Trinajstić information content (AvgIpc) is 3.09. The first-order chi connectivity index (χ1) is 17.0. The summed E-state index contributed by atoms with van der Waals surface area (Å²) in [5.41, 5.74) is -0.765. The summed E-state index contributed by atoms with van der Waals surface area (Å²) >= 11 is 0. The summed E-state index contributed by atoms with van der Waals surface area (Å²) in [5.74, 6) is -0.986. The highest BCUT2D eigenvalue weighted by Gasteiger charge is 2.51. The molecule has 2 N–H and O–H groups in total. The molecule has 2 rings (SSSR count). The highest BCUT2D eigenvalue weighted by atomic mass is 31.2. The Morgan fingerprint density at radius 2 is 1.97 bits per heavy atom. The molecular weight excluding hydrogens is 493 g/mol. The maximum absolute atomic E-state index is 12.7. The van der Waals surface area contributed by atoms with Gasteiger partial charge in [-0.05, 0) is 33.8 Å². The number of hydrogen-bond donors (Lipinski definition) is 2. The molecular formula is C22H34N5O8P. The first kappa shape index (κ1) is 29.8. The molecule has 1 aliphatic rings. The number of nitrogens with zero attached hydrogens (tertiary/aromatic N) is 4. The van der Waals surface area contributed by atoms with Crippen LogP contribution in [0.3, 0.4) is 0 Å². The molecule has 0 aliphatic carbocycles. The van der Waals surface area contributed by atoms with Crippen LogP contribution in [0.1, 0.15) is 54.2 Å². The SMILES string of the molecule is CC(=O)Nc1ccn([C@@H]2O[C@H](CO)[C@H](OP(OCCC#N)N(C(C)C)C(C)C)C2OC(C)=O)c(=O)n1. The van der Waals surface area contributed by atoms with Crippen LogP contribution in [-0.2, 0) is 28.1 Å². The number of hydrogen-bond acceptors (Lipinski definition) is 11. The van der Waals surface area contributed by atoms with Crippen molar-refractivity contribution >= 4 is 26.2 Å². The first-order valence-corrected chi connectivity index (χ1v) is 12.7. The fourth-order valence-corrected chi connectivity index (χ4v) is 5.55. The predicted molar refractivity (Wildman–Crippen MR) is 129 cm³/mol. The number of aliphatic hydroxyl groups excluding tert-OH is 1. The fourth-order valence-electron chi connectivity index (χ4n) is 3.78. The van der Waals surface area contributed by atoms with Crippen LogP contribution in [-0.4, -0.2) is 74.8 Å². The van der Waals surface area contributed by atoms with Crippen LogP contribution >= 0.6 is 8.53 Å². The van der Waals surface area contributed by atoms with Crippen molar-refractivity contribution in [2.75, 3.05) is 18.5 Å². The van der Waals surface area contributed by atoms with Gasteiger partial charge in [0.05, 0.1) is 25.7 Å². The average molecular weight is 528 g/mol. The molecule has 1 aliphatic heterocycles. The lowest BCUT2D eigenvalue weighted by atomic mass is 10.1. The number of nitrogens with one attached hydrogen (secondary N) is 1. The van der Waals surface area contributed by atoms with Gasteiger partial charge in [-0.2, -0.15) is 10.2 Å². The van der Waals surface area contributed by atoms with Gasteiger partial charge >= 0.3 is 11.7 Å². The molecule has 1 aromatic heterocycles. The number of esters is 1. The van der Waals surface area contributed by atoms with E-state index in [0.29, 0.717) is 0 Å². The predicted octanol–water partition coefficient (Wildman–Crippen LogP) is 1.68. The molecule has 0 spiro atoms. The third-order valence-corrected chi connectivity index (χ3v) is 7.18. The number of nitriles is 1. The van der Waals surface area contributed by atoms with Crippen LogP contribution < -0.4 is 11.0 Å². The third-order valence-electron chi connectivity index (χ3n) is 5.05. The lowest BCUT2D eigenvalue weighted by molar-refractivity contribution is -0.155. The highest BCUT2D eigenvalue weighted by molar-refractivity contribution is 7.44. The number of carbonyl (C=O) groups excluding carboxylic acids is 2. The van der Waals surface area contributed by atoms with E-state index in [0.717, 1.165) is 4.57 Å². The Kier molecular flexibility index (Phi) is 11.4. The Morgan fingerprint density at radius 3 is 2.47 bits per heavy atom.